The second-order valence-electron chi connectivity index (χ2n) is 4.30. The highest BCUT2D eigenvalue weighted by Gasteiger charge is 2.04. The summed E-state index contributed by atoms with van der Waals surface area (Å²) in [5.74, 6) is 1.56. The Morgan fingerprint density at radius 2 is 2.00 bits per heavy atom. The van der Waals surface area contributed by atoms with Crippen LogP contribution in [-0.2, 0) is 7.05 Å². The molecule has 96 valence electrons. The Hall–Kier alpha value is -1.97. The van der Waals surface area contributed by atoms with Crippen molar-refractivity contribution in [3.8, 4) is 17.0 Å². The molecule has 0 saturated heterocycles. The van der Waals surface area contributed by atoms with E-state index in [-0.39, 0.29) is 0 Å². The fourth-order valence-electron chi connectivity index (χ4n) is 1.68. The van der Waals surface area contributed by atoms with E-state index in [1.54, 1.807) is 4.68 Å². The molecule has 0 bridgehead atoms. The summed E-state index contributed by atoms with van der Waals surface area (Å²) < 4.78 is 7.28. The summed E-state index contributed by atoms with van der Waals surface area (Å²) in [6, 6.07) is 9.81. The van der Waals surface area contributed by atoms with E-state index in [1.807, 2.05) is 37.4 Å². The standard InChI is InChI=1S/C14H19N3O/c1-3-4-9-18-12-7-5-11(6-8-12)13-10-14(15)17(2)16-13/h5-8,10H,3-4,9,15H2,1-2H3. The predicted molar refractivity (Wildman–Crippen MR) is 73.5 cm³/mol. The van der Waals surface area contributed by atoms with Gasteiger partial charge in [0.05, 0.1) is 12.3 Å². The van der Waals surface area contributed by atoms with E-state index in [0.717, 1.165) is 36.5 Å². The molecule has 2 rings (SSSR count). The number of unbranched alkanes of at least 4 members (excludes halogenated alkanes) is 1. The maximum absolute atomic E-state index is 5.76. The summed E-state index contributed by atoms with van der Waals surface area (Å²) in [6.07, 6.45) is 2.23. The first-order chi connectivity index (χ1) is 8.70. The van der Waals surface area contributed by atoms with Crippen LogP contribution in [-0.4, -0.2) is 16.4 Å². The van der Waals surface area contributed by atoms with Gasteiger partial charge in [-0.05, 0) is 30.7 Å². The zero-order valence-corrected chi connectivity index (χ0v) is 10.9. The second-order valence-corrected chi connectivity index (χ2v) is 4.30. The minimum Gasteiger partial charge on any atom is -0.494 e. The largest absolute Gasteiger partial charge is 0.494 e. The zero-order valence-electron chi connectivity index (χ0n) is 10.9. The SMILES string of the molecule is CCCCOc1ccc(-c2cc(N)n(C)n2)cc1. The van der Waals surface area contributed by atoms with Gasteiger partial charge in [0.15, 0.2) is 0 Å². The predicted octanol–water partition coefficient (Wildman–Crippen LogP) is 2.85. The molecule has 0 fully saturated rings. The van der Waals surface area contributed by atoms with Crippen LogP contribution in [0, 0.1) is 0 Å². The number of anilines is 1. The quantitative estimate of drug-likeness (QED) is 0.824. The van der Waals surface area contributed by atoms with E-state index in [9.17, 15) is 0 Å². The smallest absolute Gasteiger partial charge is 0.121 e. The van der Waals surface area contributed by atoms with E-state index < -0.39 is 0 Å². The third-order valence-corrected chi connectivity index (χ3v) is 2.83. The highest BCUT2D eigenvalue weighted by molar-refractivity contribution is 5.63. The van der Waals surface area contributed by atoms with E-state index in [0.29, 0.717) is 5.82 Å². The van der Waals surface area contributed by atoms with Crippen molar-refractivity contribution >= 4 is 5.82 Å². The van der Waals surface area contributed by atoms with Crippen LogP contribution < -0.4 is 10.5 Å². The minimum atomic E-state index is 0.660. The van der Waals surface area contributed by atoms with Crippen LogP contribution in [0.15, 0.2) is 30.3 Å². The molecule has 0 saturated carbocycles. The highest BCUT2D eigenvalue weighted by atomic mass is 16.5. The summed E-state index contributed by atoms with van der Waals surface area (Å²) in [6.45, 7) is 2.92. The third kappa shape index (κ3) is 2.83. The molecule has 4 heteroatoms. The average molecular weight is 245 g/mol. The first-order valence-electron chi connectivity index (χ1n) is 6.23. The molecule has 0 spiro atoms. The molecule has 18 heavy (non-hydrogen) atoms. The Kier molecular flexibility index (Phi) is 3.87. The van der Waals surface area contributed by atoms with Gasteiger partial charge in [-0.25, -0.2) is 0 Å². The molecule has 0 unspecified atom stereocenters. The third-order valence-electron chi connectivity index (χ3n) is 2.83. The Bertz CT molecular complexity index is 483. The number of ether oxygens (including phenoxy) is 1. The Morgan fingerprint density at radius 3 is 2.56 bits per heavy atom. The molecule has 1 heterocycles. The van der Waals surface area contributed by atoms with Crippen molar-refractivity contribution in [2.75, 3.05) is 12.3 Å². The average Bonchev–Trinajstić information content (AvgIpc) is 2.71. The monoisotopic (exact) mass is 245 g/mol. The molecule has 1 aromatic carbocycles. The van der Waals surface area contributed by atoms with Crippen LogP contribution in [0.5, 0.6) is 5.75 Å². The molecule has 0 aliphatic rings. The fraction of sp³-hybridized carbons (Fsp3) is 0.357. The summed E-state index contributed by atoms with van der Waals surface area (Å²) in [5, 5.41) is 4.34. The molecule has 4 nitrogen and oxygen atoms in total. The topological polar surface area (TPSA) is 53.1 Å². The molecular formula is C14H19N3O. The van der Waals surface area contributed by atoms with Gasteiger partial charge >= 0.3 is 0 Å². The Balaban J connectivity index is 2.07. The molecule has 0 atom stereocenters. The molecule has 0 aliphatic carbocycles. The first kappa shape index (κ1) is 12.5. The molecular weight excluding hydrogens is 226 g/mol. The lowest BCUT2D eigenvalue weighted by molar-refractivity contribution is 0.309. The van der Waals surface area contributed by atoms with Crippen molar-refractivity contribution in [3.63, 3.8) is 0 Å². The summed E-state index contributed by atoms with van der Waals surface area (Å²) in [5.41, 5.74) is 7.70. The van der Waals surface area contributed by atoms with Crippen molar-refractivity contribution in [1.82, 2.24) is 9.78 Å². The number of hydrogen-bond donors (Lipinski definition) is 1. The fourth-order valence-corrected chi connectivity index (χ4v) is 1.68. The van der Waals surface area contributed by atoms with Crippen LogP contribution in [0.25, 0.3) is 11.3 Å². The van der Waals surface area contributed by atoms with Crippen molar-refractivity contribution in [2.24, 2.45) is 7.05 Å². The van der Waals surface area contributed by atoms with Crippen molar-refractivity contribution in [3.05, 3.63) is 30.3 Å². The number of nitrogen functional groups attached to an aromatic ring is 1. The van der Waals surface area contributed by atoms with Gasteiger partial charge in [-0.1, -0.05) is 13.3 Å². The van der Waals surface area contributed by atoms with E-state index >= 15 is 0 Å². The van der Waals surface area contributed by atoms with Gasteiger partial charge in [-0.15, -0.1) is 0 Å². The normalized spacial score (nSPS) is 10.6. The zero-order chi connectivity index (χ0) is 13.0. The van der Waals surface area contributed by atoms with E-state index in [2.05, 4.69) is 12.0 Å². The lowest BCUT2D eigenvalue weighted by atomic mass is 10.1. The maximum atomic E-state index is 5.76. The van der Waals surface area contributed by atoms with Gasteiger partial charge in [-0.3, -0.25) is 4.68 Å². The number of nitrogens with two attached hydrogens (primary N) is 1. The minimum absolute atomic E-state index is 0.660. The van der Waals surface area contributed by atoms with Crippen molar-refractivity contribution < 1.29 is 4.74 Å². The molecule has 2 aromatic rings. The lowest BCUT2D eigenvalue weighted by Crippen LogP contribution is -1.97. The van der Waals surface area contributed by atoms with Gasteiger partial charge in [0.1, 0.15) is 11.6 Å². The molecule has 0 amide bonds. The number of rotatable bonds is 5. The van der Waals surface area contributed by atoms with Gasteiger partial charge < -0.3 is 10.5 Å². The van der Waals surface area contributed by atoms with Crippen LogP contribution in [0.3, 0.4) is 0 Å². The van der Waals surface area contributed by atoms with E-state index in [4.69, 9.17) is 10.5 Å². The number of nitrogens with zero attached hydrogens (tertiary/aromatic N) is 2. The Labute approximate surface area is 107 Å². The van der Waals surface area contributed by atoms with Crippen molar-refractivity contribution in [1.29, 1.82) is 0 Å². The molecule has 0 radical (unpaired) electrons. The van der Waals surface area contributed by atoms with Crippen LogP contribution in [0.4, 0.5) is 5.82 Å². The summed E-state index contributed by atoms with van der Waals surface area (Å²) >= 11 is 0. The first-order valence-corrected chi connectivity index (χ1v) is 6.23. The van der Waals surface area contributed by atoms with Crippen LogP contribution >= 0.6 is 0 Å². The maximum Gasteiger partial charge on any atom is 0.121 e. The number of aryl methyl sites for hydroxylation is 1. The molecule has 0 aliphatic heterocycles. The second kappa shape index (κ2) is 5.58. The lowest BCUT2D eigenvalue weighted by Gasteiger charge is -2.05. The highest BCUT2D eigenvalue weighted by Crippen LogP contribution is 2.22. The number of hydrogen-bond acceptors (Lipinski definition) is 3. The Morgan fingerprint density at radius 1 is 1.28 bits per heavy atom. The molecule has 2 N–H and O–H groups in total. The van der Waals surface area contributed by atoms with Crippen LogP contribution in [0.1, 0.15) is 19.8 Å². The van der Waals surface area contributed by atoms with Gasteiger partial charge in [0.25, 0.3) is 0 Å². The van der Waals surface area contributed by atoms with E-state index in [1.165, 1.54) is 0 Å². The summed E-state index contributed by atoms with van der Waals surface area (Å²) in [7, 11) is 1.83. The summed E-state index contributed by atoms with van der Waals surface area (Å²) in [4.78, 5) is 0. The van der Waals surface area contributed by atoms with Gasteiger partial charge in [0.2, 0.25) is 0 Å². The van der Waals surface area contributed by atoms with Gasteiger partial charge in [0, 0.05) is 18.7 Å². The number of aromatic nitrogens is 2. The van der Waals surface area contributed by atoms with Crippen molar-refractivity contribution in [2.45, 2.75) is 19.8 Å². The number of benzene rings is 1. The van der Waals surface area contributed by atoms with Gasteiger partial charge in [-0.2, -0.15) is 5.10 Å². The molecule has 1 aromatic heterocycles. The van der Waals surface area contributed by atoms with Crippen LogP contribution in [0.2, 0.25) is 0 Å².